The van der Waals surface area contributed by atoms with Gasteiger partial charge in [-0.15, -0.1) is 0 Å². The molecule has 300 valence electrons. The first-order chi connectivity index (χ1) is 23.5. The molecule has 0 rings (SSSR count). The molecule has 0 saturated carbocycles. The second kappa shape index (κ2) is 36.1. The fourth-order valence-corrected chi connectivity index (χ4v) is 7.21. The molecule has 52 heavy (non-hydrogen) atoms. The molecular formula is C38H74Na2O10S2. The molecule has 0 aliphatic heterocycles. The SMILES string of the molecule is CCCCCCCCCCCCCCCCC(C)(C(=O)[O-])S(=O)(=O)O.CCCCCCCCCCCCCCCCC(C)(C(=O)[O-])S(=O)(=O)O.[Na+].[Na+]. The third-order valence-electron chi connectivity index (χ3n) is 10.0. The van der Waals surface area contributed by atoms with E-state index in [0.717, 1.165) is 52.4 Å². The van der Waals surface area contributed by atoms with Gasteiger partial charge in [-0.3, -0.25) is 9.11 Å². The number of hydrogen-bond donors (Lipinski definition) is 2. The number of carbonyl (C=O) groups excluding carboxylic acids is 2. The predicted molar refractivity (Wildman–Crippen MR) is 200 cm³/mol. The van der Waals surface area contributed by atoms with Crippen molar-refractivity contribution in [2.45, 2.75) is 230 Å². The Labute approximate surface area is 363 Å². The van der Waals surface area contributed by atoms with Gasteiger partial charge in [0.15, 0.2) is 0 Å². The molecule has 0 aromatic rings. The first-order valence-electron chi connectivity index (χ1n) is 19.9. The van der Waals surface area contributed by atoms with Gasteiger partial charge in [-0.25, -0.2) is 0 Å². The molecule has 2 atom stereocenters. The molecule has 0 fully saturated rings. The van der Waals surface area contributed by atoms with Crippen molar-refractivity contribution in [1.82, 2.24) is 0 Å². The molecule has 0 aromatic heterocycles. The Bertz CT molecular complexity index is 990. The smallest absolute Gasteiger partial charge is 0.548 e. The van der Waals surface area contributed by atoms with E-state index >= 15 is 0 Å². The Kier molecular flexibility index (Phi) is 41.3. The molecule has 14 heteroatoms. The summed E-state index contributed by atoms with van der Waals surface area (Å²) in [4.78, 5) is 22.0. The number of rotatable bonds is 34. The number of carboxylic acids is 2. The van der Waals surface area contributed by atoms with Crippen LogP contribution in [-0.2, 0) is 29.8 Å². The van der Waals surface area contributed by atoms with Crippen molar-refractivity contribution < 1.29 is 105 Å². The van der Waals surface area contributed by atoms with Gasteiger partial charge >= 0.3 is 59.1 Å². The van der Waals surface area contributed by atoms with E-state index < -0.39 is 41.7 Å². The zero-order valence-corrected chi connectivity index (χ0v) is 39.8. The summed E-state index contributed by atoms with van der Waals surface area (Å²) in [6, 6.07) is 0. The Morgan fingerprint density at radius 3 is 0.692 bits per heavy atom. The van der Waals surface area contributed by atoms with Crippen molar-refractivity contribution in [3.05, 3.63) is 0 Å². The Morgan fingerprint density at radius 2 is 0.558 bits per heavy atom. The van der Waals surface area contributed by atoms with Crippen molar-refractivity contribution in [3.63, 3.8) is 0 Å². The first kappa shape index (κ1) is 59.5. The van der Waals surface area contributed by atoms with Crippen LogP contribution in [-0.4, -0.2) is 47.4 Å². The number of unbranched alkanes of at least 4 members (excludes halogenated alkanes) is 26. The van der Waals surface area contributed by atoms with E-state index in [0.29, 0.717) is 12.8 Å². The molecule has 2 unspecified atom stereocenters. The van der Waals surface area contributed by atoms with Crippen molar-refractivity contribution in [2.24, 2.45) is 0 Å². The maximum Gasteiger partial charge on any atom is 1.00 e. The third-order valence-corrected chi connectivity index (χ3v) is 13.0. The average molecular weight is 801 g/mol. The fraction of sp³-hybridized carbons (Fsp3) is 0.947. The zero-order valence-electron chi connectivity index (χ0n) is 34.2. The van der Waals surface area contributed by atoms with Crippen LogP contribution in [0.15, 0.2) is 0 Å². The predicted octanol–water partition coefficient (Wildman–Crippen LogP) is 2.52. The minimum absolute atomic E-state index is 0. The molecular weight excluding hydrogens is 727 g/mol. The summed E-state index contributed by atoms with van der Waals surface area (Å²) in [5.41, 5.74) is 0. The second-order valence-corrected chi connectivity index (χ2v) is 18.4. The van der Waals surface area contributed by atoms with Gasteiger partial charge in [0.1, 0.15) is 9.49 Å². The molecule has 0 aliphatic rings. The summed E-state index contributed by atoms with van der Waals surface area (Å²) in [7, 11) is -9.29. The molecule has 10 nitrogen and oxygen atoms in total. The van der Waals surface area contributed by atoms with Crippen LogP contribution >= 0.6 is 0 Å². The molecule has 0 bridgehead atoms. The van der Waals surface area contributed by atoms with Gasteiger partial charge in [-0.05, 0) is 26.7 Å². The standard InChI is InChI=1S/2C19H38O5S.2Na/c2*1-3-4-5-6-7-8-9-10-11-12-13-14-15-16-17-19(2,18(20)21)25(22,23)24;;/h2*3-17H2,1-2H3,(H,20,21)(H,22,23,24);;/q;;2*+1/p-2. The van der Waals surface area contributed by atoms with Gasteiger partial charge in [0, 0.05) is 0 Å². The third kappa shape index (κ3) is 30.0. The molecule has 0 heterocycles. The Morgan fingerprint density at radius 1 is 0.404 bits per heavy atom. The van der Waals surface area contributed by atoms with Gasteiger partial charge in [-0.2, -0.15) is 16.8 Å². The van der Waals surface area contributed by atoms with Crippen molar-refractivity contribution in [2.75, 3.05) is 0 Å². The molecule has 0 amide bonds. The van der Waals surface area contributed by atoms with E-state index in [1.807, 2.05) is 0 Å². The van der Waals surface area contributed by atoms with Crippen LogP contribution < -0.4 is 69.3 Å². The number of carbonyl (C=O) groups is 2. The van der Waals surface area contributed by atoms with Gasteiger partial charge in [0.05, 0.1) is 11.9 Å². The second-order valence-electron chi connectivity index (χ2n) is 14.7. The van der Waals surface area contributed by atoms with E-state index in [1.54, 1.807) is 0 Å². The largest absolute Gasteiger partial charge is 1.00 e. The minimum Gasteiger partial charge on any atom is -0.548 e. The molecule has 0 spiro atoms. The van der Waals surface area contributed by atoms with E-state index in [9.17, 15) is 36.6 Å². The van der Waals surface area contributed by atoms with Crippen LogP contribution in [0.25, 0.3) is 0 Å². The summed E-state index contributed by atoms with van der Waals surface area (Å²) in [5.74, 6) is -3.46. The van der Waals surface area contributed by atoms with Crippen molar-refractivity contribution >= 4 is 32.2 Å². The summed E-state index contributed by atoms with van der Waals surface area (Å²) in [6.45, 7) is 6.49. The molecule has 0 saturated heterocycles. The Balaban J connectivity index is -0.000000427. The van der Waals surface area contributed by atoms with Crippen LogP contribution in [0, 0.1) is 0 Å². The molecule has 0 aromatic carbocycles. The average Bonchev–Trinajstić information content (AvgIpc) is 3.03. The maximum atomic E-state index is 11.2. The molecule has 0 aliphatic carbocycles. The van der Waals surface area contributed by atoms with Crippen LogP contribution in [0.4, 0.5) is 0 Å². The van der Waals surface area contributed by atoms with Crippen LogP contribution in [0.2, 0.25) is 0 Å². The number of aliphatic carboxylic acids is 2. The molecule has 0 radical (unpaired) electrons. The van der Waals surface area contributed by atoms with Gasteiger partial charge in [-0.1, -0.05) is 194 Å². The topological polar surface area (TPSA) is 189 Å². The van der Waals surface area contributed by atoms with Crippen molar-refractivity contribution in [1.29, 1.82) is 0 Å². The normalized spacial score (nSPS) is 13.8. The van der Waals surface area contributed by atoms with E-state index in [-0.39, 0.29) is 72.0 Å². The van der Waals surface area contributed by atoms with Crippen LogP contribution in [0.5, 0.6) is 0 Å². The maximum absolute atomic E-state index is 11.2. The Hall–Kier alpha value is 0.760. The van der Waals surface area contributed by atoms with Crippen molar-refractivity contribution in [3.8, 4) is 0 Å². The van der Waals surface area contributed by atoms with Gasteiger partial charge in [0.25, 0.3) is 20.2 Å². The van der Waals surface area contributed by atoms with Crippen LogP contribution in [0.1, 0.15) is 220 Å². The van der Waals surface area contributed by atoms with Gasteiger partial charge < -0.3 is 19.8 Å². The number of carboxylic acid groups (broad SMARTS) is 2. The quantitative estimate of drug-likeness (QED) is 0.0556. The van der Waals surface area contributed by atoms with E-state index in [2.05, 4.69) is 13.8 Å². The minimum atomic E-state index is -4.64. The summed E-state index contributed by atoms with van der Waals surface area (Å²) in [5, 5.41) is 22.0. The van der Waals surface area contributed by atoms with Gasteiger partial charge in [0.2, 0.25) is 0 Å². The summed E-state index contributed by atoms with van der Waals surface area (Å²) >= 11 is 0. The first-order valence-corrected chi connectivity index (χ1v) is 22.8. The fourth-order valence-electron chi connectivity index (χ4n) is 5.99. The summed E-state index contributed by atoms with van der Waals surface area (Å²) in [6.07, 6.45) is 32.5. The monoisotopic (exact) mass is 800 g/mol. The zero-order chi connectivity index (χ0) is 38.4. The molecule has 2 N–H and O–H groups in total. The van der Waals surface area contributed by atoms with E-state index in [4.69, 9.17) is 9.11 Å². The van der Waals surface area contributed by atoms with E-state index in [1.165, 1.54) is 128 Å². The van der Waals surface area contributed by atoms with Crippen LogP contribution in [0.3, 0.4) is 0 Å². The summed E-state index contributed by atoms with van der Waals surface area (Å²) < 4.78 is 58.5. The number of hydrogen-bond acceptors (Lipinski definition) is 8.